The van der Waals surface area contributed by atoms with Crippen LogP contribution in [-0.2, 0) is 13.6 Å². The maximum absolute atomic E-state index is 5.63. The molecule has 0 radical (unpaired) electrons. The number of hydrogen-bond donors (Lipinski definition) is 1. The van der Waals surface area contributed by atoms with Crippen LogP contribution in [0, 0.1) is 0 Å². The average molecular weight is 247 g/mol. The van der Waals surface area contributed by atoms with Crippen molar-refractivity contribution in [1.82, 2.24) is 19.7 Å². The van der Waals surface area contributed by atoms with Gasteiger partial charge in [0.2, 0.25) is 5.88 Å². The maximum atomic E-state index is 5.63. The second kappa shape index (κ2) is 5.48. The Bertz CT molecular complexity index is 509. The Morgan fingerprint density at radius 2 is 2.22 bits per heavy atom. The van der Waals surface area contributed by atoms with Crippen molar-refractivity contribution in [3.05, 3.63) is 30.5 Å². The predicted molar refractivity (Wildman–Crippen MR) is 68.3 cm³/mol. The maximum Gasteiger partial charge on any atom is 0.237 e. The van der Waals surface area contributed by atoms with Crippen molar-refractivity contribution < 1.29 is 4.74 Å². The van der Waals surface area contributed by atoms with Gasteiger partial charge in [-0.05, 0) is 26.0 Å². The summed E-state index contributed by atoms with van der Waals surface area (Å²) in [4.78, 5) is 8.36. The second-order valence-corrected chi connectivity index (χ2v) is 4.18. The van der Waals surface area contributed by atoms with E-state index in [9.17, 15) is 0 Å². The summed E-state index contributed by atoms with van der Waals surface area (Å²) in [5, 5.41) is 7.27. The summed E-state index contributed by atoms with van der Waals surface area (Å²) in [6.45, 7) is 4.53. The van der Waals surface area contributed by atoms with Crippen LogP contribution in [0.15, 0.2) is 24.7 Å². The lowest BCUT2D eigenvalue weighted by Crippen LogP contribution is -2.11. The molecule has 0 atom stereocenters. The first-order valence-corrected chi connectivity index (χ1v) is 5.85. The molecule has 0 amide bonds. The standard InChI is InChI=1S/C12H17N5O/c1-9(2)18-12-10(5-4-6-13-12)14-7-11-15-8-16-17(11)3/h4-6,8-9,14H,7H2,1-3H3. The molecule has 0 bridgehead atoms. The summed E-state index contributed by atoms with van der Waals surface area (Å²) in [7, 11) is 1.86. The van der Waals surface area contributed by atoms with Crippen molar-refractivity contribution in [3.63, 3.8) is 0 Å². The Labute approximate surface area is 106 Å². The van der Waals surface area contributed by atoms with Crippen LogP contribution in [0.3, 0.4) is 0 Å². The molecule has 0 aliphatic heterocycles. The van der Waals surface area contributed by atoms with Gasteiger partial charge in [-0.15, -0.1) is 0 Å². The Kier molecular flexibility index (Phi) is 3.76. The zero-order chi connectivity index (χ0) is 13.0. The summed E-state index contributed by atoms with van der Waals surface area (Å²) in [6, 6.07) is 3.80. The molecule has 2 rings (SSSR count). The molecule has 0 saturated heterocycles. The topological polar surface area (TPSA) is 64.9 Å². The van der Waals surface area contributed by atoms with Crippen molar-refractivity contribution in [3.8, 4) is 5.88 Å². The van der Waals surface area contributed by atoms with Gasteiger partial charge in [-0.2, -0.15) is 5.10 Å². The van der Waals surface area contributed by atoms with Gasteiger partial charge in [0.15, 0.2) is 0 Å². The van der Waals surface area contributed by atoms with Gasteiger partial charge in [0.1, 0.15) is 12.2 Å². The summed E-state index contributed by atoms with van der Waals surface area (Å²) < 4.78 is 7.36. The number of aromatic nitrogens is 4. The molecular formula is C12H17N5O. The monoisotopic (exact) mass is 247 g/mol. The molecule has 0 aromatic carbocycles. The number of hydrogen-bond acceptors (Lipinski definition) is 5. The Hall–Kier alpha value is -2.11. The molecule has 2 aromatic heterocycles. The normalized spacial score (nSPS) is 10.7. The number of nitrogens with one attached hydrogen (secondary N) is 1. The van der Waals surface area contributed by atoms with E-state index in [0.717, 1.165) is 11.5 Å². The molecule has 6 nitrogen and oxygen atoms in total. The van der Waals surface area contributed by atoms with Gasteiger partial charge in [0, 0.05) is 13.2 Å². The van der Waals surface area contributed by atoms with Gasteiger partial charge in [0.05, 0.1) is 18.3 Å². The average Bonchev–Trinajstić information content (AvgIpc) is 2.73. The minimum atomic E-state index is 0.0929. The van der Waals surface area contributed by atoms with Crippen LogP contribution < -0.4 is 10.1 Å². The van der Waals surface area contributed by atoms with Crippen LogP contribution in [0.25, 0.3) is 0 Å². The Morgan fingerprint density at radius 3 is 2.89 bits per heavy atom. The molecule has 0 aliphatic carbocycles. The van der Waals surface area contributed by atoms with Crippen LogP contribution in [0.5, 0.6) is 5.88 Å². The molecule has 2 heterocycles. The molecule has 0 spiro atoms. The largest absolute Gasteiger partial charge is 0.473 e. The van der Waals surface area contributed by atoms with Gasteiger partial charge >= 0.3 is 0 Å². The molecular weight excluding hydrogens is 230 g/mol. The first kappa shape index (κ1) is 12.3. The fraction of sp³-hybridized carbons (Fsp3) is 0.417. The van der Waals surface area contributed by atoms with Crippen molar-refractivity contribution in [2.24, 2.45) is 7.05 Å². The number of rotatable bonds is 5. The van der Waals surface area contributed by atoms with Crippen molar-refractivity contribution >= 4 is 5.69 Å². The minimum Gasteiger partial charge on any atom is -0.473 e. The van der Waals surface area contributed by atoms with Gasteiger partial charge in [-0.25, -0.2) is 9.97 Å². The van der Waals surface area contributed by atoms with Gasteiger partial charge < -0.3 is 10.1 Å². The molecule has 18 heavy (non-hydrogen) atoms. The zero-order valence-electron chi connectivity index (χ0n) is 10.8. The second-order valence-electron chi connectivity index (χ2n) is 4.18. The molecule has 6 heteroatoms. The van der Waals surface area contributed by atoms with Crippen LogP contribution in [-0.4, -0.2) is 25.9 Å². The lowest BCUT2D eigenvalue weighted by atomic mass is 10.4. The van der Waals surface area contributed by atoms with E-state index >= 15 is 0 Å². The lowest BCUT2D eigenvalue weighted by Gasteiger charge is -2.13. The van der Waals surface area contributed by atoms with E-state index in [0.29, 0.717) is 12.4 Å². The first-order chi connectivity index (χ1) is 8.66. The van der Waals surface area contributed by atoms with E-state index in [-0.39, 0.29) is 6.10 Å². The smallest absolute Gasteiger partial charge is 0.237 e. The van der Waals surface area contributed by atoms with E-state index in [1.54, 1.807) is 10.9 Å². The molecule has 0 fully saturated rings. The molecule has 0 aliphatic rings. The SMILES string of the molecule is CC(C)Oc1ncccc1NCc1ncnn1C. The summed E-state index contributed by atoms with van der Waals surface area (Å²) in [5.41, 5.74) is 0.856. The highest BCUT2D eigenvalue weighted by atomic mass is 16.5. The van der Waals surface area contributed by atoms with E-state index < -0.39 is 0 Å². The van der Waals surface area contributed by atoms with E-state index in [1.165, 1.54) is 6.33 Å². The van der Waals surface area contributed by atoms with Gasteiger partial charge in [0.25, 0.3) is 0 Å². The van der Waals surface area contributed by atoms with Crippen LogP contribution in [0.2, 0.25) is 0 Å². The number of ether oxygens (including phenoxy) is 1. The van der Waals surface area contributed by atoms with Crippen molar-refractivity contribution in [1.29, 1.82) is 0 Å². The Morgan fingerprint density at radius 1 is 1.39 bits per heavy atom. The van der Waals surface area contributed by atoms with Crippen LogP contribution in [0.1, 0.15) is 19.7 Å². The van der Waals surface area contributed by atoms with Crippen LogP contribution in [0.4, 0.5) is 5.69 Å². The number of pyridine rings is 1. The third kappa shape index (κ3) is 2.97. The first-order valence-electron chi connectivity index (χ1n) is 5.85. The van der Waals surface area contributed by atoms with E-state index in [4.69, 9.17) is 4.74 Å². The third-order valence-electron chi connectivity index (χ3n) is 2.36. The van der Waals surface area contributed by atoms with E-state index in [2.05, 4.69) is 20.4 Å². The molecule has 0 saturated carbocycles. The number of aryl methyl sites for hydroxylation is 1. The number of anilines is 1. The summed E-state index contributed by atoms with van der Waals surface area (Å²) in [6.07, 6.45) is 3.34. The Balaban J connectivity index is 2.07. The summed E-state index contributed by atoms with van der Waals surface area (Å²) in [5.74, 6) is 1.46. The zero-order valence-corrected chi connectivity index (χ0v) is 10.8. The van der Waals surface area contributed by atoms with Crippen LogP contribution >= 0.6 is 0 Å². The van der Waals surface area contributed by atoms with Gasteiger partial charge in [-0.3, -0.25) is 4.68 Å². The minimum absolute atomic E-state index is 0.0929. The predicted octanol–water partition coefficient (Wildman–Crippen LogP) is 1.61. The van der Waals surface area contributed by atoms with E-state index in [1.807, 2.05) is 33.0 Å². The molecule has 1 N–H and O–H groups in total. The molecule has 0 unspecified atom stereocenters. The fourth-order valence-corrected chi connectivity index (χ4v) is 1.50. The quantitative estimate of drug-likeness (QED) is 0.869. The molecule has 96 valence electrons. The highest BCUT2D eigenvalue weighted by molar-refractivity contribution is 5.52. The molecule has 2 aromatic rings. The summed E-state index contributed by atoms with van der Waals surface area (Å²) >= 11 is 0. The van der Waals surface area contributed by atoms with Crippen molar-refractivity contribution in [2.45, 2.75) is 26.5 Å². The number of nitrogens with zero attached hydrogens (tertiary/aromatic N) is 4. The highest BCUT2D eigenvalue weighted by Gasteiger charge is 2.07. The fourth-order valence-electron chi connectivity index (χ4n) is 1.50. The van der Waals surface area contributed by atoms with Gasteiger partial charge in [-0.1, -0.05) is 0 Å². The third-order valence-corrected chi connectivity index (χ3v) is 2.36. The lowest BCUT2D eigenvalue weighted by molar-refractivity contribution is 0.234. The van der Waals surface area contributed by atoms with Crippen molar-refractivity contribution in [2.75, 3.05) is 5.32 Å². The highest BCUT2D eigenvalue weighted by Crippen LogP contribution is 2.22.